The maximum atomic E-state index is 13.1. The lowest BCUT2D eigenvalue weighted by Gasteiger charge is -2.08. The number of rotatable bonds is 4. The first-order valence-corrected chi connectivity index (χ1v) is 8.27. The second kappa shape index (κ2) is 7.77. The van der Waals surface area contributed by atoms with Gasteiger partial charge < -0.3 is 0 Å². The van der Waals surface area contributed by atoms with Crippen LogP contribution in [-0.4, -0.2) is 26.6 Å². The molecule has 0 aliphatic rings. The van der Waals surface area contributed by atoms with Crippen LogP contribution in [-0.2, 0) is 11.2 Å². The molecule has 0 aliphatic carbocycles. The van der Waals surface area contributed by atoms with Crippen molar-refractivity contribution >= 4 is 11.8 Å². The van der Waals surface area contributed by atoms with Crippen LogP contribution in [0.1, 0.15) is 27.4 Å². The first kappa shape index (κ1) is 18.2. The SMILES string of the molecule is Cc1nn(-c2ccc(F)cc2)c(C)c1CC(=O)NNC(=O)c1ccccn1. The van der Waals surface area contributed by atoms with Gasteiger partial charge in [0.1, 0.15) is 11.5 Å². The van der Waals surface area contributed by atoms with Gasteiger partial charge in [0.05, 0.1) is 17.8 Å². The minimum Gasteiger partial charge on any atom is -0.273 e. The monoisotopic (exact) mass is 367 g/mol. The normalized spacial score (nSPS) is 10.5. The van der Waals surface area contributed by atoms with E-state index < -0.39 is 5.91 Å². The molecule has 3 aromatic rings. The molecule has 2 heterocycles. The van der Waals surface area contributed by atoms with Gasteiger partial charge in [-0.25, -0.2) is 9.07 Å². The maximum Gasteiger partial charge on any atom is 0.288 e. The number of benzene rings is 1. The van der Waals surface area contributed by atoms with E-state index in [-0.39, 0.29) is 23.8 Å². The van der Waals surface area contributed by atoms with Crippen LogP contribution in [0, 0.1) is 19.7 Å². The number of carbonyl (C=O) groups excluding carboxylic acids is 2. The molecule has 0 atom stereocenters. The summed E-state index contributed by atoms with van der Waals surface area (Å²) in [5, 5.41) is 4.42. The van der Waals surface area contributed by atoms with Crippen molar-refractivity contribution in [2.24, 2.45) is 0 Å². The van der Waals surface area contributed by atoms with E-state index in [1.165, 1.54) is 18.3 Å². The summed E-state index contributed by atoms with van der Waals surface area (Å²) >= 11 is 0. The Bertz CT molecular complexity index is 968. The molecule has 0 saturated heterocycles. The number of amides is 2. The first-order chi connectivity index (χ1) is 13.0. The van der Waals surface area contributed by atoms with Gasteiger partial charge in [-0.2, -0.15) is 5.10 Å². The average molecular weight is 367 g/mol. The zero-order chi connectivity index (χ0) is 19.4. The largest absolute Gasteiger partial charge is 0.288 e. The summed E-state index contributed by atoms with van der Waals surface area (Å²) in [6.45, 7) is 3.63. The van der Waals surface area contributed by atoms with Crippen LogP contribution in [0.15, 0.2) is 48.7 Å². The van der Waals surface area contributed by atoms with Crippen LogP contribution in [0.2, 0.25) is 0 Å². The van der Waals surface area contributed by atoms with Gasteiger partial charge in [-0.3, -0.25) is 25.4 Å². The Morgan fingerprint density at radius 3 is 2.48 bits per heavy atom. The quantitative estimate of drug-likeness (QED) is 0.691. The minimum atomic E-state index is -0.501. The van der Waals surface area contributed by atoms with Crippen LogP contribution in [0.3, 0.4) is 0 Å². The molecule has 8 heteroatoms. The highest BCUT2D eigenvalue weighted by Gasteiger charge is 2.16. The summed E-state index contributed by atoms with van der Waals surface area (Å²) in [5.74, 6) is -1.22. The van der Waals surface area contributed by atoms with Crippen molar-refractivity contribution in [3.05, 3.63) is 77.1 Å². The van der Waals surface area contributed by atoms with Gasteiger partial charge in [0.25, 0.3) is 5.91 Å². The Labute approximate surface area is 155 Å². The lowest BCUT2D eigenvalue weighted by molar-refractivity contribution is -0.121. The van der Waals surface area contributed by atoms with E-state index >= 15 is 0 Å². The summed E-state index contributed by atoms with van der Waals surface area (Å²) in [7, 11) is 0. The van der Waals surface area contributed by atoms with Crippen molar-refractivity contribution in [2.45, 2.75) is 20.3 Å². The zero-order valence-corrected chi connectivity index (χ0v) is 14.9. The summed E-state index contributed by atoms with van der Waals surface area (Å²) in [5.41, 5.74) is 7.80. The highest BCUT2D eigenvalue weighted by molar-refractivity contribution is 5.93. The standard InChI is InChI=1S/C19H18FN5O2/c1-12-16(13(2)25(24-12)15-8-6-14(20)7-9-15)11-18(26)22-23-19(27)17-5-3-4-10-21-17/h3-10H,11H2,1-2H3,(H,22,26)(H,23,27). The lowest BCUT2D eigenvalue weighted by Crippen LogP contribution is -2.42. The molecular formula is C19H18FN5O2. The molecule has 0 spiro atoms. The summed E-state index contributed by atoms with van der Waals surface area (Å²) in [4.78, 5) is 28.0. The number of nitrogens with zero attached hydrogens (tertiary/aromatic N) is 3. The lowest BCUT2D eigenvalue weighted by atomic mass is 10.1. The third kappa shape index (κ3) is 4.17. The predicted octanol–water partition coefficient (Wildman–Crippen LogP) is 2.03. The zero-order valence-electron chi connectivity index (χ0n) is 14.9. The minimum absolute atomic E-state index is 0.0430. The van der Waals surface area contributed by atoms with Crippen LogP contribution in [0.5, 0.6) is 0 Å². The molecule has 138 valence electrons. The molecule has 2 amide bonds. The first-order valence-electron chi connectivity index (χ1n) is 8.27. The highest BCUT2D eigenvalue weighted by atomic mass is 19.1. The predicted molar refractivity (Wildman–Crippen MR) is 96.5 cm³/mol. The maximum absolute atomic E-state index is 13.1. The number of carbonyl (C=O) groups is 2. The van der Waals surface area contributed by atoms with Crippen LogP contribution < -0.4 is 10.9 Å². The molecular weight excluding hydrogens is 349 g/mol. The fourth-order valence-electron chi connectivity index (χ4n) is 2.66. The molecule has 7 nitrogen and oxygen atoms in total. The second-order valence-electron chi connectivity index (χ2n) is 5.93. The van der Waals surface area contributed by atoms with E-state index in [0.717, 1.165) is 11.3 Å². The van der Waals surface area contributed by atoms with Crippen molar-refractivity contribution in [1.29, 1.82) is 0 Å². The number of hydrogen-bond acceptors (Lipinski definition) is 4. The number of halogens is 1. The molecule has 3 rings (SSSR count). The molecule has 0 saturated carbocycles. The smallest absolute Gasteiger partial charge is 0.273 e. The van der Waals surface area contributed by atoms with Gasteiger partial charge in [-0.15, -0.1) is 0 Å². The van der Waals surface area contributed by atoms with Gasteiger partial charge in [0.2, 0.25) is 5.91 Å². The fourth-order valence-corrected chi connectivity index (χ4v) is 2.66. The number of hydrazine groups is 1. The van der Waals surface area contributed by atoms with Gasteiger partial charge in [-0.05, 0) is 50.2 Å². The Kier molecular flexibility index (Phi) is 5.25. The highest BCUT2D eigenvalue weighted by Crippen LogP contribution is 2.18. The molecule has 0 fully saturated rings. The Balaban J connectivity index is 1.67. The molecule has 0 radical (unpaired) electrons. The van der Waals surface area contributed by atoms with Crippen molar-refractivity contribution in [3.8, 4) is 5.69 Å². The summed E-state index contributed by atoms with van der Waals surface area (Å²) in [6, 6.07) is 10.9. The van der Waals surface area contributed by atoms with Crippen LogP contribution in [0.4, 0.5) is 4.39 Å². The summed E-state index contributed by atoms with van der Waals surface area (Å²) in [6.07, 6.45) is 1.54. The second-order valence-corrected chi connectivity index (χ2v) is 5.93. The number of pyridine rings is 1. The Morgan fingerprint density at radius 2 is 1.81 bits per heavy atom. The molecule has 1 aromatic carbocycles. The van der Waals surface area contributed by atoms with Crippen molar-refractivity contribution in [3.63, 3.8) is 0 Å². The topological polar surface area (TPSA) is 88.9 Å². The van der Waals surface area contributed by atoms with Crippen molar-refractivity contribution in [1.82, 2.24) is 25.6 Å². The fraction of sp³-hybridized carbons (Fsp3) is 0.158. The van der Waals surface area contributed by atoms with Gasteiger partial charge in [0.15, 0.2) is 0 Å². The van der Waals surface area contributed by atoms with Gasteiger partial charge in [-0.1, -0.05) is 6.07 Å². The van der Waals surface area contributed by atoms with Gasteiger partial charge in [0, 0.05) is 17.5 Å². The van der Waals surface area contributed by atoms with Crippen LogP contribution in [0.25, 0.3) is 5.69 Å². The van der Waals surface area contributed by atoms with Crippen molar-refractivity contribution in [2.75, 3.05) is 0 Å². The molecule has 0 unspecified atom stereocenters. The third-order valence-electron chi connectivity index (χ3n) is 4.06. The number of nitrogens with one attached hydrogen (secondary N) is 2. The van der Waals surface area contributed by atoms with Crippen molar-refractivity contribution < 1.29 is 14.0 Å². The Morgan fingerprint density at radius 1 is 1.07 bits per heavy atom. The van der Waals surface area contributed by atoms with E-state index in [9.17, 15) is 14.0 Å². The Hall–Kier alpha value is -3.55. The molecule has 27 heavy (non-hydrogen) atoms. The van der Waals surface area contributed by atoms with E-state index in [0.29, 0.717) is 11.4 Å². The summed E-state index contributed by atoms with van der Waals surface area (Å²) < 4.78 is 14.8. The number of hydrogen-bond donors (Lipinski definition) is 2. The molecule has 2 N–H and O–H groups in total. The van der Waals surface area contributed by atoms with Gasteiger partial charge >= 0.3 is 0 Å². The van der Waals surface area contributed by atoms with Crippen LogP contribution >= 0.6 is 0 Å². The third-order valence-corrected chi connectivity index (χ3v) is 4.06. The molecule has 2 aromatic heterocycles. The number of aryl methyl sites for hydroxylation is 1. The van der Waals surface area contributed by atoms with E-state index in [2.05, 4.69) is 20.9 Å². The van der Waals surface area contributed by atoms with E-state index in [4.69, 9.17) is 0 Å². The molecule has 0 bridgehead atoms. The average Bonchev–Trinajstić information content (AvgIpc) is 2.95. The number of aromatic nitrogens is 3. The van der Waals surface area contributed by atoms with E-state index in [1.54, 1.807) is 41.9 Å². The van der Waals surface area contributed by atoms with E-state index in [1.807, 2.05) is 6.92 Å². The molecule has 0 aliphatic heterocycles.